The van der Waals surface area contributed by atoms with E-state index in [0.717, 1.165) is 38.2 Å². The first-order chi connectivity index (χ1) is 13.0. The van der Waals surface area contributed by atoms with E-state index in [1.807, 2.05) is 29.2 Å². The van der Waals surface area contributed by atoms with Crippen LogP contribution in [-0.4, -0.2) is 63.9 Å². The zero-order valence-electron chi connectivity index (χ0n) is 15.8. The largest absolute Gasteiger partial charge is 0.337 e. The van der Waals surface area contributed by atoms with Crippen LogP contribution in [0.15, 0.2) is 30.5 Å². The monoisotopic (exact) mass is 387 g/mol. The van der Waals surface area contributed by atoms with Crippen LogP contribution in [0.1, 0.15) is 41.7 Å². The van der Waals surface area contributed by atoms with Crippen molar-refractivity contribution in [2.75, 3.05) is 33.2 Å². The van der Waals surface area contributed by atoms with E-state index in [9.17, 15) is 4.79 Å². The zero-order chi connectivity index (χ0) is 18.9. The molecule has 2 aromatic rings. The number of likely N-dealkylation sites (tertiary alicyclic amines) is 2. The second-order valence-electron chi connectivity index (χ2n) is 8.10. The number of nitrogens with zero attached hydrogens (tertiary/aromatic N) is 5. The molecule has 4 rings (SSSR count). The van der Waals surface area contributed by atoms with Crippen LogP contribution < -0.4 is 0 Å². The summed E-state index contributed by atoms with van der Waals surface area (Å²) in [6, 6.07) is 7.63. The molecule has 2 aliphatic rings. The van der Waals surface area contributed by atoms with Crippen LogP contribution in [0.3, 0.4) is 0 Å². The minimum Gasteiger partial charge on any atom is -0.337 e. The van der Waals surface area contributed by atoms with E-state index in [0.29, 0.717) is 17.3 Å². The summed E-state index contributed by atoms with van der Waals surface area (Å²) in [4.78, 5) is 17.4. The lowest BCUT2D eigenvalue weighted by Gasteiger charge is -2.47. The Balaban J connectivity index is 1.43. The molecule has 0 radical (unpaired) electrons. The smallest absolute Gasteiger partial charge is 0.276 e. The van der Waals surface area contributed by atoms with Crippen molar-refractivity contribution in [1.29, 1.82) is 0 Å². The minimum absolute atomic E-state index is 0.00431. The van der Waals surface area contributed by atoms with E-state index in [2.05, 4.69) is 22.3 Å². The van der Waals surface area contributed by atoms with Gasteiger partial charge in [-0.25, -0.2) is 4.68 Å². The summed E-state index contributed by atoms with van der Waals surface area (Å²) in [6.07, 6.45) is 6.47. The van der Waals surface area contributed by atoms with Crippen molar-refractivity contribution in [2.45, 2.75) is 32.2 Å². The number of aromatic nitrogens is 3. The lowest BCUT2D eigenvalue weighted by molar-refractivity contribution is 0.0203. The van der Waals surface area contributed by atoms with Gasteiger partial charge in [-0.1, -0.05) is 28.9 Å². The molecule has 2 aliphatic heterocycles. The van der Waals surface area contributed by atoms with Crippen LogP contribution in [0.5, 0.6) is 0 Å². The maximum absolute atomic E-state index is 13.0. The number of benzene rings is 1. The van der Waals surface area contributed by atoms with Gasteiger partial charge in [-0.3, -0.25) is 4.79 Å². The molecule has 7 heteroatoms. The zero-order valence-corrected chi connectivity index (χ0v) is 16.5. The highest BCUT2D eigenvalue weighted by Crippen LogP contribution is 2.38. The summed E-state index contributed by atoms with van der Waals surface area (Å²) in [7, 11) is 2.18. The molecule has 1 amide bonds. The van der Waals surface area contributed by atoms with Gasteiger partial charge >= 0.3 is 0 Å². The predicted molar refractivity (Wildman–Crippen MR) is 105 cm³/mol. The standard InChI is InChI=1S/C20H26ClN5O/c1-24-10-2-8-20(14-24)9-3-11-25(15-20)19(27)18-13-26(23-22-18)12-16-4-6-17(21)7-5-16/h4-7,13H,2-3,8-12,14-15H2,1H3/t20-/m1/s1. The van der Waals surface area contributed by atoms with Crippen LogP contribution in [0, 0.1) is 5.41 Å². The van der Waals surface area contributed by atoms with Gasteiger partial charge in [-0.15, -0.1) is 5.10 Å². The first kappa shape index (κ1) is 18.4. The van der Waals surface area contributed by atoms with Gasteiger partial charge < -0.3 is 9.80 Å². The molecule has 3 heterocycles. The number of hydrogen-bond donors (Lipinski definition) is 0. The summed E-state index contributed by atoms with van der Waals surface area (Å²) < 4.78 is 1.71. The summed E-state index contributed by atoms with van der Waals surface area (Å²) in [5, 5.41) is 8.99. The van der Waals surface area contributed by atoms with E-state index < -0.39 is 0 Å². The first-order valence-corrected chi connectivity index (χ1v) is 10.0. The van der Waals surface area contributed by atoms with Gasteiger partial charge in [0.2, 0.25) is 0 Å². The van der Waals surface area contributed by atoms with Crippen molar-refractivity contribution in [1.82, 2.24) is 24.8 Å². The Bertz CT molecular complexity index is 801. The van der Waals surface area contributed by atoms with Crippen LogP contribution in [0.4, 0.5) is 0 Å². The molecule has 0 N–H and O–H groups in total. The average molecular weight is 388 g/mol. The van der Waals surface area contributed by atoms with Crippen molar-refractivity contribution in [2.24, 2.45) is 5.41 Å². The summed E-state index contributed by atoms with van der Waals surface area (Å²) in [6.45, 7) is 4.47. The minimum atomic E-state index is 0.00431. The van der Waals surface area contributed by atoms with Gasteiger partial charge in [0.05, 0.1) is 12.7 Å². The van der Waals surface area contributed by atoms with Gasteiger partial charge in [0, 0.05) is 30.1 Å². The number of rotatable bonds is 3. The Labute approximate surface area is 165 Å². The molecule has 0 bridgehead atoms. The molecular formula is C20H26ClN5O. The maximum atomic E-state index is 13.0. The molecular weight excluding hydrogens is 362 g/mol. The number of halogens is 1. The quantitative estimate of drug-likeness (QED) is 0.812. The van der Waals surface area contributed by atoms with Crippen LogP contribution in [0.2, 0.25) is 5.02 Å². The Hall–Kier alpha value is -1.92. The highest BCUT2D eigenvalue weighted by atomic mass is 35.5. The second kappa shape index (κ2) is 7.60. The van der Waals surface area contributed by atoms with Crippen LogP contribution >= 0.6 is 11.6 Å². The van der Waals surface area contributed by atoms with Crippen LogP contribution in [-0.2, 0) is 6.54 Å². The maximum Gasteiger partial charge on any atom is 0.276 e. The second-order valence-corrected chi connectivity index (χ2v) is 8.54. The van der Waals surface area contributed by atoms with E-state index >= 15 is 0 Å². The Morgan fingerprint density at radius 1 is 1.15 bits per heavy atom. The molecule has 2 saturated heterocycles. The normalized spacial score (nSPS) is 23.7. The van der Waals surface area contributed by atoms with Gasteiger partial charge in [0.15, 0.2) is 5.69 Å². The fourth-order valence-electron chi connectivity index (χ4n) is 4.58. The summed E-state index contributed by atoms with van der Waals surface area (Å²) in [5.41, 5.74) is 1.76. The highest BCUT2D eigenvalue weighted by Gasteiger charge is 2.40. The average Bonchev–Trinajstić information content (AvgIpc) is 3.11. The van der Waals surface area contributed by atoms with E-state index in [-0.39, 0.29) is 11.3 Å². The molecule has 144 valence electrons. The molecule has 1 aromatic carbocycles. The summed E-state index contributed by atoms with van der Waals surface area (Å²) in [5.74, 6) is 0.00431. The number of piperidine rings is 2. The molecule has 0 saturated carbocycles. The SMILES string of the molecule is CN1CCC[C@@]2(CCCN(C(=O)c3cn(Cc4ccc(Cl)cc4)nn3)C2)C1. The topological polar surface area (TPSA) is 54.3 Å². The molecule has 1 spiro atoms. The number of amides is 1. The van der Waals surface area contributed by atoms with Crippen molar-refractivity contribution in [3.63, 3.8) is 0 Å². The molecule has 0 aliphatic carbocycles. The van der Waals surface area contributed by atoms with Crippen LogP contribution in [0.25, 0.3) is 0 Å². The fraction of sp³-hybridized carbons (Fsp3) is 0.550. The molecule has 1 aromatic heterocycles. The van der Waals surface area contributed by atoms with E-state index in [4.69, 9.17) is 11.6 Å². The lowest BCUT2D eigenvalue weighted by Crippen LogP contribution is -2.52. The Morgan fingerprint density at radius 2 is 1.89 bits per heavy atom. The molecule has 2 fully saturated rings. The predicted octanol–water partition coefficient (Wildman–Crippen LogP) is 2.93. The highest BCUT2D eigenvalue weighted by molar-refractivity contribution is 6.30. The van der Waals surface area contributed by atoms with Crippen molar-refractivity contribution in [3.05, 3.63) is 46.7 Å². The van der Waals surface area contributed by atoms with Gasteiger partial charge in [-0.05, 0) is 57.0 Å². The third-order valence-corrected chi connectivity index (χ3v) is 6.07. The van der Waals surface area contributed by atoms with Crippen molar-refractivity contribution < 1.29 is 4.79 Å². The van der Waals surface area contributed by atoms with Gasteiger partial charge in [0.25, 0.3) is 5.91 Å². The Morgan fingerprint density at radius 3 is 2.63 bits per heavy atom. The summed E-state index contributed by atoms with van der Waals surface area (Å²) >= 11 is 5.93. The van der Waals surface area contributed by atoms with E-state index in [1.165, 1.54) is 19.3 Å². The third-order valence-electron chi connectivity index (χ3n) is 5.82. The third kappa shape index (κ3) is 4.17. The molecule has 1 atom stereocenters. The number of carbonyl (C=O) groups excluding carboxylic acids is 1. The molecule has 0 unspecified atom stereocenters. The van der Waals surface area contributed by atoms with E-state index in [1.54, 1.807) is 10.9 Å². The fourth-order valence-corrected chi connectivity index (χ4v) is 4.71. The van der Waals surface area contributed by atoms with Gasteiger partial charge in [0.1, 0.15) is 0 Å². The van der Waals surface area contributed by atoms with Crippen molar-refractivity contribution >= 4 is 17.5 Å². The number of hydrogen-bond acceptors (Lipinski definition) is 4. The first-order valence-electron chi connectivity index (χ1n) is 9.65. The van der Waals surface area contributed by atoms with Crippen molar-refractivity contribution in [3.8, 4) is 0 Å². The Kier molecular flexibility index (Phi) is 5.19. The van der Waals surface area contributed by atoms with Gasteiger partial charge in [-0.2, -0.15) is 0 Å². The number of carbonyl (C=O) groups is 1. The molecule has 27 heavy (non-hydrogen) atoms. The molecule has 6 nitrogen and oxygen atoms in total. The lowest BCUT2D eigenvalue weighted by atomic mass is 9.74.